The van der Waals surface area contributed by atoms with E-state index in [1.807, 2.05) is 18.2 Å². The Bertz CT molecular complexity index is 311. The fourth-order valence-corrected chi connectivity index (χ4v) is 1.57. The summed E-state index contributed by atoms with van der Waals surface area (Å²) < 4.78 is 4.84. The molecule has 1 aromatic rings. The van der Waals surface area contributed by atoms with Crippen LogP contribution in [-0.2, 0) is 16.0 Å². The van der Waals surface area contributed by atoms with Crippen LogP contribution in [0.2, 0.25) is 0 Å². The van der Waals surface area contributed by atoms with Gasteiger partial charge in [0.1, 0.15) is 0 Å². The predicted octanol–water partition coefficient (Wildman–Crippen LogP) is 1.55. The van der Waals surface area contributed by atoms with Gasteiger partial charge in [0, 0.05) is 13.5 Å². The molecule has 0 aliphatic heterocycles. The molecule has 3 nitrogen and oxygen atoms in total. The highest BCUT2D eigenvalue weighted by Crippen LogP contribution is 2.05. The highest BCUT2D eigenvalue weighted by molar-refractivity contribution is 5.83. The first kappa shape index (κ1) is 12.9. The zero-order chi connectivity index (χ0) is 11.8. The van der Waals surface area contributed by atoms with Gasteiger partial charge in [-0.05, 0) is 18.4 Å². The highest BCUT2D eigenvalue weighted by Gasteiger charge is 2.12. The smallest absolute Gasteiger partial charge is 0.151 e. The molecule has 0 saturated carbocycles. The topological polar surface area (TPSA) is 52.3 Å². The highest BCUT2D eigenvalue weighted by atomic mass is 16.5. The van der Waals surface area contributed by atoms with Gasteiger partial charge in [-0.2, -0.15) is 0 Å². The van der Waals surface area contributed by atoms with Gasteiger partial charge in [-0.3, -0.25) is 4.79 Å². The number of carbonyl (C=O) groups is 1. The first-order valence-electron chi connectivity index (χ1n) is 5.55. The monoisotopic (exact) mass is 221 g/mol. The lowest BCUT2D eigenvalue weighted by molar-refractivity contribution is -0.121. The zero-order valence-corrected chi connectivity index (χ0v) is 9.69. The average Bonchev–Trinajstić information content (AvgIpc) is 2.30. The van der Waals surface area contributed by atoms with Gasteiger partial charge in [-0.15, -0.1) is 0 Å². The molecule has 0 fully saturated rings. The first-order chi connectivity index (χ1) is 7.74. The number of benzene rings is 1. The van der Waals surface area contributed by atoms with Crippen LogP contribution >= 0.6 is 0 Å². The Hall–Kier alpha value is -1.19. The third kappa shape index (κ3) is 4.55. The summed E-state index contributed by atoms with van der Waals surface area (Å²) in [4.78, 5) is 11.5. The Morgan fingerprint density at radius 1 is 1.38 bits per heavy atom. The summed E-state index contributed by atoms with van der Waals surface area (Å²) in [5.41, 5.74) is 6.89. The molecule has 16 heavy (non-hydrogen) atoms. The molecule has 0 aliphatic rings. The Morgan fingerprint density at radius 2 is 2.06 bits per heavy atom. The van der Waals surface area contributed by atoms with Crippen LogP contribution < -0.4 is 5.73 Å². The van der Waals surface area contributed by atoms with Crippen LogP contribution in [0, 0.1) is 0 Å². The number of nitrogens with two attached hydrogens (primary N) is 1. The number of carbonyl (C=O) groups excluding carboxylic acids is 1. The van der Waals surface area contributed by atoms with E-state index in [4.69, 9.17) is 10.5 Å². The summed E-state index contributed by atoms with van der Waals surface area (Å²) in [6.45, 7) is 0.310. The summed E-state index contributed by atoms with van der Waals surface area (Å²) in [6, 6.07) is 9.67. The molecule has 0 spiro atoms. The van der Waals surface area contributed by atoms with Gasteiger partial charge in [0.15, 0.2) is 5.78 Å². The maximum Gasteiger partial charge on any atom is 0.151 e. The zero-order valence-electron chi connectivity index (χ0n) is 9.69. The molecule has 0 aliphatic carbocycles. The van der Waals surface area contributed by atoms with Crippen molar-refractivity contribution in [3.8, 4) is 0 Å². The summed E-state index contributed by atoms with van der Waals surface area (Å²) in [6.07, 6.45) is 2.30. The van der Waals surface area contributed by atoms with Gasteiger partial charge in [0.25, 0.3) is 0 Å². The van der Waals surface area contributed by atoms with E-state index in [2.05, 4.69) is 12.1 Å². The SMILES string of the molecule is COCC(N)C(=O)CCCc1ccccc1. The second-order valence-electron chi connectivity index (χ2n) is 3.87. The average molecular weight is 221 g/mol. The molecule has 2 N–H and O–H groups in total. The quantitative estimate of drug-likeness (QED) is 0.760. The second-order valence-corrected chi connectivity index (χ2v) is 3.87. The molecule has 1 rings (SSSR count). The largest absolute Gasteiger partial charge is 0.383 e. The normalized spacial score (nSPS) is 12.4. The lowest BCUT2D eigenvalue weighted by atomic mass is 10.0. The number of ketones is 1. The number of hydrogen-bond acceptors (Lipinski definition) is 3. The van der Waals surface area contributed by atoms with Gasteiger partial charge in [-0.1, -0.05) is 30.3 Å². The van der Waals surface area contributed by atoms with E-state index in [0.29, 0.717) is 13.0 Å². The van der Waals surface area contributed by atoms with Crippen molar-refractivity contribution in [1.29, 1.82) is 0 Å². The summed E-state index contributed by atoms with van der Waals surface area (Å²) >= 11 is 0. The van der Waals surface area contributed by atoms with Crippen LogP contribution in [0.1, 0.15) is 18.4 Å². The Labute approximate surface area is 96.6 Å². The number of rotatable bonds is 7. The third-order valence-corrected chi connectivity index (χ3v) is 2.49. The standard InChI is InChI=1S/C13H19NO2/c1-16-10-12(14)13(15)9-5-8-11-6-3-2-4-7-11/h2-4,6-7,12H,5,8-10,14H2,1H3. The van der Waals surface area contributed by atoms with E-state index in [0.717, 1.165) is 12.8 Å². The number of methoxy groups -OCH3 is 1. The molecule has 88 valence electrons. The molecule has 1 unspecified atom stereocenters. The van der Waals surface area contributed by atoms with Crippen LogP contribution in [-0.4, -0.2) is 25.5 Å². The molecule has 0 bridgehead atoms. The van der Waals surface area contributed by atoms with E-state index >= 15 is 0 Å². The van der Waals surface area contributed by atoms with Crippen LogP contribution in [0.3, 0.4) is 0 Å². The van der Waals surface area contributed by atoms with Crippen molar-refractivity contribution in [1.82, 2.24) is 0 Å². The van der Waals surface area contributed by atoms with Crippen molar-refractivity contribution in [3.63, 3.8) is 0 Å². The predicted molar refractivity (Wildman–Crippen MR) is 64.2 cm³/mol. The van der Waals surface area contributed by atoms with Crippen molar-refractivity contribution in [2.45, 2.75) is 25.3 Å². The molecule has 0 aromatic heterocycles. The summed E-state index contributed by atoms with van der Waals surface area (Å²) in [7, 11) is 1.55. The van der Waals surface area contributed by atoms with Crippen LogP contribution in [0.5, 0.6) is 0 Å². The van der Waals surface area contributed by atoms with Crippen LogP contribution in [0.25, 0.3) is 0 Å². The van der Waals surface area contributed by atoms with E-state index in [1.165, 1.54) is 5.56 Å². The van der Waals surface area contributed by atoms with E-state index in [-0.39, 0.29) is 5.78 Å². The Kier molecular flexibility index (Phi) is 5.75. The maximum atomic E-state index is 11.5. The van der Waals surface area contributed by atoms with Crippen molar-refractivity contribution >= 4 is 5.78 Å². The molecule has 1 atom stereocenters. The summed E-state index contributed by atoms with van der Waals surface area (Å²) in [5, 5.41) is 0. The van der Waals surface area contributed by atoms with Gasteiger partial charge in [-0.25, -0.2) is 0 Å². The lowest BCUT2D eigenvalue weighted by Crippen LogP contribution is -2.34. The Balaban J connectivity index is 2.23. The minimum atomic E-state index is -0.472. The molecule has 0 saturated heterocycles. The van der Waals surface area contributed by atoms with E-state index < -0.39 is 6.04 Å². The molecular formula is C13H19NO2. The van der Waals surface area contributed by atoms with E-state index in [9.17, 15) is 4.79 Å². The minimum Gasteiger partial charge on any atom is -0.383 e. The number of Topliss-reactive ketones (excluding diaryl/α,β-unsaturated/α-hetero) is 1. The summed E-state index contributed by atoms with van der Waals surface area (Å²) in [5.74, 6) is 0.0813. The van der Waals surface area contributed by atoms with Gasteiger partial charge in [0.2, 0.25) is 0 Å². The molecule has 0 radical (unpaired) electrons. The van der Waals surface area contributed by atoms with Gasteiger partial charge < -0.3 is 10.5 Å². The fraction of sp³-hybridized carbons (Fsp3) is 0.462. The lowest BCUT2D eigenvalue weighted by Gasteiger charge is -2.08. The number of aryl methyl sites for hydroxylation is 1. The van der Waals surface area contributed by atoms with Crippen molar-refractivity contribution < 1.29 is 9.53 Å². The molecular weight excluding hydrogens is 202 g/mol. The minimum absolute atomic E-state index is 0.0813. The third-order valence-electron chi connectivity index (χ3n) is 2.49. The number of hydrogen-bond donors (Lipinski definition) is 1. The van der Waals surface area contributed by atoms with Crippen molar-refractivity contribution in [3.05, 3.63) is 35.9 Å². The Morgan fingerprint density at radius 3 is 2.69 bits per heavy atom. The number of ether oxygens (including phenoxy) is 1. The van der Waals surface area contributed by atoms with Crippen LogP contribution in [0.4, 0.5) is 0 Å². The van der Waals surface area contributed by atoms with Gasteiger partial charge in [0.05, 0.1) is 12.6 Å². The fourth-order valence-electron chi connectivity index (χ4n) is 1.57. The molecule has 0 heterocycles. The van der Waals surface area contributed by atoms with Crippen molar-refractivity contribution in [2.24, 2.45) is 5.73 Å². The van der Waals surface area contributed by atoms with Gasteiger partial charge >= 0.3 is 0 Å². The molecule has 3 heteroatoms. The molecule has 0 amide bonds. The maximum absolute atomic E-state index is 11.5. The molecule has 1 aromatic carbocycles. The second kappa shape index (κ2) is 7.14. The van der Waals surface area contributed by atoms with Crippen LogP contribution in [0.15, 0.2) is 30.3 Å². The first-order valence-corrected chi connectivity index (χ1v) is 5.55. The van der Waals surface area contributed by atoms with Crippen molar-refractivity contribution in [2.75, 3.05) is 13.7 Å². The van der Waals surface area contributed by atoms with E-state index in [1.54, 1.807) is 7.11 Å².